The summed E-state index contributed by atoms with van der Waals surface area (Å²) in [7, 11) is -3.63. The van der Waals surface area contributed by atoms with Crippen molar-refractivity contribution >= 4 is 55.8 Å². The largest absolute Gasteiger partial charge is 0.484 e. The molecule has 1 aromatic carbocycles. The van der Waals surface area contributed by atoms with Gasteiger partial charge in [-0.1, -0.05) is 17.7 Å². The zero-order chi connectivity index (χ0) is 31.7. The number of halogens is 1. The molecular formula is C28H28ClN11O4S. The van der Waals surface area contributed by atoms with Gasteiger partial charge in [0.1, 0.15) is 28.9 Å². The van der Waals surface area contributed by atoms with Crippen molar-refractivity contribution in [2.24, 2.45) is 0 Å². The number of anilines is 2. The number of piperazine rings is 1. The Morgan fingerprint density at radius 1 is 1.09 bits per heavy atom. The van der Waals surface area contributed by atoms with E-state index in [-0.39, 0.29) is 16.7 Å². The van der Waals surface area contributed by atoms with Crippen molar-refractivity contribution in [1.82, 2.24) is 38.8 Å². The summed E-state index contributed by atoms with van der Waals surface area (Å²) in [5, 5.41) is 15.2. The van der Waals surface area contributed by atoms with Gasteiger partial charge >= 0.3 is 0 Å². The molecule has 1 saturated heterocycles. The quantitative estimate of drug-likeness (QED) is 0.234. The highest BCUT2D eigenvalue weighted by Crippen LogP contribution is 2.34. The van der Waals surface area contributed by atoms with E-state index in [1.165, 1.54) is 4.52 Å². The Morgan fingerprint density at radius 2 is 1.84 bits per heavy atom. The molecule has 0 bridgehead atoms. The zero-order valence-corrected chi connectivity index (χ0v) is 25.7. The average Bonchev–Trinajstić information content (AvgIpc) is 3.58. The van der Waals surface area contributed by atoms with Crippen LogP contribution in [0.15, 0.2) is 48.7 Å². The number of carbonyl (C=O) groups excluding carboxylic acids is 1. The van der Waals surface area contributed by atoms with Crippen LogP contribution in [0.4, 0.5) is 11.6 Å². The Kier molecular flexibility index (Phi) is 8.14. The minimum absolute atomic E-state index is 0.120. The van der Waals surface area contributed by atoms with Crippen molar-refractivity contribution in [2.75, 3.05) is 56.2 Å². The fraction of sp³-hybridized carbons (Fsp3) is 0.286. The van der Waals surface area contributed by atoms with Crippen molar-refractivity contribution in [3.63, 3.8) is 0 Å². The number of carbonyl (C=O) groups is 1. The van der Waals surface area contributed by atoms with E-state index in [4.69, 9.17) is 22.1 Å². The molecule has 0 aliphatic carbocycles. The number of amides is 1. The van der Waals surface area contributed by atoms with Gasteiger partial charge in [0.05, 0.1) is 16.7 Å². The van der Waals surface area contributed by atoms with E-state index in [1.807, 2.05) is 22.9 Å². The molecular weight excluding hydrogens is 622 g/mol. The van der Waals surface area contributed by atoms with E-state index >= 15 is 0 Å². The Balaban J connectivity index is 1.11. The van der Waals surface area contributed by atoms with Crippen molar-refractivity contribution < 1.29 is 17.9 Å². The van der Waals surface area contributed by atoms with Crippen LogP contribution in [0.2, 0.25) is 5.02 Å². The van der Waals surface area contributed by atoms with Gasteiger partial charge < -0.3 is 19.9 Å². The zero-order valence-electron chi connectivity index (χ0n) is 24.1. The summed E-state index contributed by atoms with van der Waals surface area (Å²) in [4.78, 5) is 29.7. The van der Waals surface area contributed by atoms with Crippen LogP contribution in [0.25, 0.3) is 28.2 Å². The maximum absolute atomic E-state index is 11.7. The highest BCUT2D eigenvalue weighted by molar-refractivity contribution is 7.89. The third-order valence-corrected chi connectivity index (χ3v) is 8.29. The number of nitriles is 1. The fourth-order valence-corrected chi connectivity index (χ4v) is 6.01. The number of benzene rings is 1. The number of rotatable bonds is 9. The molecule has 6 rings (SSSR count). The van der Waals surface area contributed by atoms with Crippen molar-refractivity contribution in [2.45, 2.75) is 6.54 Å². The van der Waals surface area contributed by atoms with Crippen LogP contribution in [0, 0.1) is 11.3 Å². The number of nitrogens with one attached hydrogen (secondary N) is 1. The Labute approximate surface area is 262 Å². The maximum atomic E-state index is 11.7. The lowest BCUT2D eigenvalue weighted by Crippen LogP contribution is -2.47. The number of fused-ring (bicyclic) bond motifs is 3. The molecule has 1 aliphatic heterocycles. The Morgan fingerprint density at radius 3 is 2.51 bits per heavy atom. The summed E-state index contributed by atoms with van der Waals surface area (Å²) in [6.45, 7) is 3.84. The second-order valence-corrected chi connectivity index (χ2v) is 12.5. The summed E-state index contributed by atoms with van der Waals surface area (Å²) < 4.78 is 32.8. The second kappa shape index (κ2) is 12.2. The summed E-state index contributed by atoms with van der Waals surface area (Å²) >= 11 is 6.74. The molecule has 1 fully saturated rings. The normalized spacial score (nSPS) is 14.1. The molecule has 0 atom stereocenters. The Hall–Kier alpha value is -4.98. The number of ether oxygens (including phenoxy) is 1. The smallest absolute Gasteiger partial charge is 0.271 e. The number of aromatic nitrogens is 6. The van der Waals surface area contributed by atoms with Gasteiger partial charge in [-0.2, -0.15) is 14.8 Å². The number of nitrogens with zero attached hydrogens (tertiary/aromatic N) is 9. The van der Waals surface area contributed by atoms with E-state index in [1.54, 1.807) is 35.0 Å². The van der Waals surface area contributed by atoms with Gasteiger partial charge in [0.2, 0.25) is 21.8 Å². The van der Waals surface area contributed by atoms with Crippen molar-refractivity contribution in [1.29, 1.82) is 5.26 Å². The molecule has 0 radical (unpaired) electrons. The molecule has 1 amide bonds. The lowest BCUT2D eigenvalue weighted by atomic mass is 10.2. The van der Waals surface area contributed by atoms with Crippen LogP contribution >= 0.6 is 11.6 Å². The molecule has 45 heavy (non-hydrogen) atoms. The van der Waals surface area contributed by atoms with E-state index in [2.05, 4.69) is 35.9 Å². The molecule has 15 nitrogen and oxygen atoms in total. The number of nitrogens with two attached hydrogens (primary N) is 1. The van der Waals surface area contributed by atoms with E-state index in [9.17, 15) is 18.5 Å². The molecule has 0 unspecified atom stereocenters. The van der Waals surface area contributed by atoms with Gasteiger partial charge in [0.25, 0.3) is 5.91 Å². The summed E-state index contributed by atoms with van der Waals surface area (Å²) in [5.41, 5.74) is 9.01. The number of nitrogen functional groups attached to an aromatic ring is 1. The van der Waals surface area contributed by atoms with Crippen LogP contribution in [-0.2, 0) is 21.4 Å². The van der Waals surface area contributed by atoms with Crippen LogP contribution in [0.5, 0.6) is 5.75 Å². The van der Waals surface area contributed by atoms with Gasteiger partial charge in [-0.15, -0.1) is 5.10 Å². The van der Waals surface area contributed by atoms with Gasteiger partial charge in [-0.25, -0.2) is 13.4 Å². The molecule has 4 aromatic heterocycles. The molecule has 5 aromatic rings. The lowest BCUT2D eigenvalue weighted by Gasteiger charge is -2.36. The third kappa shape index (κ3) is 6.32. The molecule has 5 heterocycles. The van der Waals surface area contributed by atoms with E-state index in [0.29, 0.717) is 47.0 Å². The molecule has 1 aliphatic rings. The summed E-state index contributed by atoms with van der Waals surface area (Å²) in [6.07, 6.45) is 2.56. The molecule has 3 N–H and O–H groups in total. The molecule has 0 spiro atoms. The first-order valence-corrected chi connectivity index (χ1v) is 16.1. The maximum Gasteiger partial charge on any atom is 0.271 e. The van der Waals surface area contributed by atoms with Gasteiger partial charge in [0.15, 0.2) is 12.3 Å². The summed E-state index contributed by atoms with van der Waals surface area (Å²) in [5.74, 6) is 0.207. The predicted molar refractivity (Wildman–Crippen MR) is 167 cm³/mol. The summed E-state index contributed by atoms with van der Waals surface area (Å²) in [6, 6.07) is 14.9. The third-order valence-electron chi connectivity index (χ3n) is 7.33. The van der Waals surface area contributed by atoms with Crippen LogP contribution in [-0.4, -0.2) is 93.9 Å². The average molecular weight is 650 g/mol. The number of pyridine rings is 1. The van der Waals surface area contributed by atoms with Gasteiger partial charge in [0, 0.05) is 51.2 Å². The first-order chi connectivity index (χ1) is 21.6. The van der Waals surface area contributed by atoms with Crippen LogP contribution in [0.1, 0.15) is 5.69 Å². The van der Waals surface area contributed by atoms with Crippen LogP contribution in [0.3, 0.4) is 0 Å². The molecule has 0 saturated carbocycles. The number of hydrogen-bond acceptors (Lipinski definition) is 12. The first kappa shape index (κ1) is 30.1. The SMILES string of the molecule is CS(=O)(=O)NC(=O)COc1ccc(N2CCN(CCn3c(C#N)c(Cl)c4c3nc(N)n3nc(-c5ccccn5)nc43)CC2)cc1. The second-order valence-electron chi connectivity index (χ2n) is 10.4. The topological polar surface area (TPSA) is 190 Å². The van der Waals surface area contributed by atoms with Crippen LogP contribution < -0.4 is 20.1 Å². The number of sulfonamides is 1. The fourth-order valence-electron chi connectivity index (χ4n) is 5.22. The highest BCUT2D eigenvalue weighted by atomic mass is 35.5. The lowest BCUT2D eigenvalue weighted by molar-refractivity contribution is -0.121. The van der Waals surface area contributed by atoms with Gasteiger partial charge in [-0.3, -0.25) is 19.4 Å². The predicted octanol–water partition coefficient (Wildman–Crippen LogP) is 1.53. The van der Waals surface area contributed by atoms with Crippen molar-refractivity contribution in [3.05, 3.63) is 59.4 Å². The standard InChI is InChI=1S/C28H28ClN11O4S/c1-45(42,43)36-22(41)17-44-19-7-5-18(6-8-19)38-13-10-37(11-14-38)12-15-39-21(16-30)24(29)23-26(39)34-28(31)40-27(23)33-25(35-40)20-4-2-3-9-32-20/h2-9H,10-15,17H2,1H3,(H2,31,34)(H,36,41). The van der Waals surface area contributed by atoms with Gasteiger partial charge in [-0.05, 0) is 36.4 Å². The molecule has 232 valence electrons. The van der Waals surface area contributed by atoms with E-state index in [0.717, 1.165) is 38.1 Å². The monoisotopic (exact) mass is 649 g/mol. The first-order valence-electron chi connectivity index (χ1n) is 13.9. The minimum atomic E-state index is -3.63. The Bertz CT molecular complexity index is 2030. The number of hydrogen-bond donors (Lipinski definition) is 2. The highest BCUT2D eigenvalue weighted by Gasteiger charge is 2.25. The van der Waals surface area contributed by atoms with E-state index < -0.39 is 22.5 Å². The van der Waals surface area contributed by atoms with Crippen molar-refractivity contribution in [3.8, 4) is 23.3 Å². The minimum Gasteiger partial charge on any atom is -0.484 e. The molecule has 17 heteroatoms.